The lowest BCUT2D eigenvalue weighted by atomic mass is 10.0. The van der Waals surface area contributed by atoms with Gasteiger partial charge in [0, 0.05) is 24.8 Å². The van der Waals surface area contributed by atoms with Crippen LogP contribution >= 0.6 is 24.5 Å². The fourth-order valence-electron chi connectivity index (χ4n) is 2.62. The molecule has 0 fully saturated rings. The molecule has 0 spiro atoms. The van der Waals surface area contributed by atoms with Crippen LogP contribution in [0.4, 0.5) is 24.7 Å². The zero-order valence-corrected chi connectivity index (χ0v) is 15.8. The quantitative estimate of drug-likeness (QED) is 0.326. The number of nitrogens with zero attached hydrogens (tertiary/aromatic N) is 3. The average molecular weight is 432 g/mol. The molecular weight excluding hydrogens is 419 g/mol. The highest BCUT2D eigenvalue weighted by Gasteiger charge is 2.31. The van der Waals surface area contributed by atoms with Gasteiger partial charge in [0.2, 0.25) is 5.28 Å². The minimum absolute atomic E-state index is 0.0224. The van der Waals surface area contributed by atoms with Crippen molar-refractivity contribution in [1.82, 2.24) is 14.6 Å². The van der Waals surface area contributed by atoms with Gasteiger partial charge in [0.1, 0.15) is 5.52 Å². The molecule has 2 aromatic heterocycles. The number of alkyl halides is 3. The smallest absolute Gasteiger partial charge is 0.399 e. The van der Waals surface area contributed by atoms with Gasteiger partial charge < -0.3 is 15.2 Å². The molecule has 0 aliphatic carbocycles. The van der Waals surface area contributed by atoms with Gasteiger partial charge in [0.15, 0.2) is 5.82 Å². The molecule has 0 saturated heterocycles. The van der Waals surface area contributed by atoms with E-state index in [-0.39, 0.29) is 22.4 Å². The Labute approximate surface area is 167 Å². The van der Waals surface area contributed by atoms with E-state index in [2.05, 4.69) is 32.5 Å². The van der Waals surface area contributed by atoms with Crippen LogP contribution in [0.5, 0.6) is 0 Å². The highest BCUT2D eigenvalue weighted by atomic mass is 35.5. The van der Waals surface area contributed by atoms with Crippen LogP contribution in [0, 0.1) is 0 Å². The number of nitrogens with two attached hydrogens (primary N) is 1. The number of fused-ring (bicyclic) bond motifs is 1. The molecule has 12 heteroatoms. The van der Waals surface area contributed by atoms with Crippen molar-refractivity contribution in [2.75, 3.05) is 11.1 Å². The summed E-state index contributed by atoms with van der Waals surface area (Å²) >= 11 is 9.36. The van der Waals surface area contributed by atoms with Crippen molar-refractivity contribution in [2.45, 2.75) is 19.1 Å². The van der Waals surface area contributed by atoms with Crippen molar-refractivity contribution < 1.29 is 22.1 Å². The minimum atomic E-state index is -4.53. The number of carbonyl (C=O) groups excluding carboxylic acids is 1. The van der Waals surface area contributed by atoms with Gasteiger partial charge in [-0.3, -0.25) is 0 Å². The summed E-state index contributed by atoms with van der Waals surface area (Å²) in [4.78, 5) is 15.7. The lowest BCUT2D eigenvalue weighted by Crippen LogP contribution is -2.13. The fraction of sp³-hybridized carbons (Fsp3) is 0.188. The first kappa shape index (κ1) is 20.1. The van der Waals surface area contributed by atoms with Crippen LogP contribution in [-0.4, -0.2) is 20.6 Å². The maximum Gasteiger partial charge on any atom is 0.416 e. The highest BCUT2D eigenvalue weighted by Crippen LogP contribution is 2.33. The van der Waals surface area contributed by atoms with E-state index in [1.807, 2.05) is 0 Å². The number of nitrogens with one attached hydrogen (secondary N) is 1. The van der Waals surface area contributed by atoms with E-state index in [0.29, 0.717) is 11.1 Å². The number of hydrogen-bond donors (Lipinski definition) is 3. The molecule has 0 aliphatic heterocycles. The Morgan fingerprint density at radius 1 is 1.36 bits per heavy atom. The first-order chi connectivity index (χ1) is 13.1. The van der Waals surface area contributed by atoms with Crippen LogP contribution in [0.25, 0.3) is 5.52 Å². The Balaban J connectivity index is 1.99. The van der Waals surface area contributed by atoms with Gasteiger partial charge in [0.25, 0.3) is 0 Å². The summed E-state index contributed by atoms with van der Waals surface area (Å²) in [6, 6.07) is 4.10. The molecule has 0 radical (unpaired) electrons. The zero-order valence-electron chi connectivity index (χ0n) is 14.2. The summed E-state index contributed by atoms with van der Waals surface area (Å²) in [7, 11) is 0. The van der Waals surface area contributed by atoms with Crippen molar-refractivity contribution >= 4 is 47.5 Å². The van der Waals surface area contributed by atoms with Crippen LogP contribution in [-0.2, 0) is 10.4 Å². The summed E-state index contributed by atoms with van der Waals surface area (Å²) in [6.07, 6.45) is -3.17. The number of nitrogen functional groups attached to an aromatic ring is 1. The number of hydrogen-bond acceptors (Lipinski definition) is 7. The Hall–Kier alpha value is -2.66. The predicted octanol–water partition coefficient (Wildman–Crippen LogP) is 4.16. The Bertz CT molecular complexity index is 1060. The number of rotatable bonds is 4. The maximum absolute atomic E-state index is 13.0. The third-order valence-corrected chi connectivity index (χ3v) is 4.24. The monoisotopic (exact) mass is 431 g/mol. The molecule has 7 nitrogen and oxygen atoms in total. The second kappa shape index (κ2) is 7.40. The highest BCUT2D eigenvalue weighted by molar-refractivity contribution is 7.75. The van der Waals surface area contributed by atoms with E-state index in [0.717, 1.165) is 12.1 Å². The normalized spacial score (nSPS) is 12.8. The van der Waals surface area contributed by atoms with Gasteiger partial charge in [-0.25, -0.2) is 9.31 Å². The van der Waals surface area contributed by atoms with Gasteiger partial charge >= 0.3 is 12.1 Å². The fourth-order valence-corrected chi connectivity index (χ4v) is 2.89. The zero-order chi connectivity index (χ0) is 20.6. The topological polar surface area (TPSA) is 94.5 Å². The van der Waals surface area contributed by atoms with Crippen molar-refractivity contribution in [1.29, 1.82) is 0 Å². The van der Waals surface area contributed by atoms with Crippen molar-refractivity contribution in [2.24, 2.45) is 0 Å². The Kier molecular flexibility index (Phi) is 5.31. The third-order valence-electron chi connectivity index (χ3n) is 3.91. The number of anilines is 2. The largest absolute Gasteiger partial charge is 0.416 e. The number of aromatic nitrogens is 3. The van der Waals surface area contributed by atoms with Crippen LogP contribution in [0.2, 0.25) is 5.28 Å². The van der Waals surface area contributed by atoms with E-state index in [4.69, 9.17) is 17.3 Å². The number of halogens is 4. The number of carbonyl (C=O) groups is 1. The first-order valence-electron chi connectivity index (χ1n) is 7.74. The van der Waals surface area contributed by atoms with Gasteiger partial charge in [-0.1, -0.05) is 0 Å². The van der Waals surface area contributed by atoms with Crippen molar-refractivity contribution in [3.05, 3.63) is 52.4 Å². The summed E-state index contributed by atoms with van der Waals surface area (Å²) in [5.74, 6) is -0.503. The van der Waals surface area contributed by atoms with Crippen LogP contribution < -0.4 is 11.1 Å². The molecule has 0 amide bonds. The molecule has 0 aliphatic rings. The van der Waals surface area contributed by atoms with Gasteiger partial charge in [0.05, 0.1) is 17.2 Å². The first-order valence-corrected chi connectivity index (χ1v) is 8.48. The summed E-state index contributed by atoms with van der Waals surface area (Å²) < 4.78 is 44.8. The Morgan fingerprint density at radius 2 is 2.07 bits per heavy atom. The molecule has 148 valence electrons. The Morgan fingerprint density at radius 3 is 2.71 bits per heavy atom. The lowest BCUT2D eigenvalue weighted by Gasteiger charge is -2.18. The molecule has 3 aromatic rings. The lowest BCUT2D eigenvalue weighted by molar-refractivity contribution is -0.137. The van der Waals surface area contributed by atoms with E-state index < -0.39 is 23.8 Å². The molecule has 0 unspecified atom stereocenters. The molecule has 2 heterocycles. The standard InChI is InChI=1S/C16H13ClF3N5O2S/c1-7(8-2-10(16(18,19)20)5-11(21)3-8)22-13-12-4-9(14(26)27-28)6-25(12)24-15(17)23-13/h2-7,28H,21H2,1H3,(H,22,23,24)/t7-/m1/s1. The SMILES string of the molecule is C[C@@H](Nc1nc(Cl)nn2cc(C(=O)OS)cc12)c1cc(N)cc(C(F)(F)F)c1. The van der Waals surface area contributed by atoms with Crippen LogP contribution in [0.15, 0.2) is 30.5 Å². The molecule has 3 rings (SSSR count). The second-order valence-corrected chi connectivity index (χ2v) is 6.44. The van der Waals surface area contributed by atoms with Gasteiger partial charge in [-0.2, -0.15) is 18.2 Å². The number of benzene rings is 1. The van der Waals surface area contributed by atoms with E-state index in [9.17, 15) is 18.0 Å². The van der Waals surface area contributed by atoms with E-state index in [1.165, 1.54) is 22.8 Å². The average Bonchev–Trinajstić information content (AvgIpc) is 3.03. The van der Waals surface area contributed by atoms with E-state index in [1.54, 1.807) is 6.92 Å². The molecule has 1 aromatic carbocycles. The molecule has 3 N–H and O–H groups in total. The van der Waals surface area contributed by atoms with Crippen LogP contribution in [0.3, 0.4) is 0 Å². The maximum atomic E-state index is 13.0. The summed E-state index contributed by atoms with van der Waals surface area (Å²) in [5, 5.41) is 6.78. The number of thiol groups is 1. The third kappa shape index (κ3) is 4.09. The molecule has 1 atom stereocenters. The molecular formula is C16H13ClF3N5O2S. The van der Waals surface area contributed by atoms with Crippen molar-refractivity contribution in [3.8, 4) is 0 Å². The van der Waals surface area contributed by atoms with Gasteiger partial charge in [-0.15, -0.1) is 5.10 Å². The summed E-state index contributed by atoms with van der Waals surface area (Å²) in [6.45, 7) is 1.63. The van der Waals surface area contributed by atoms with Gasteiger partial charge in [-0.05, 0) is 48.4 Å². The predicted molar refractivity (Wildman–Crippen MR) is 100 cm³/mol. The summed E-state index contributed by atoms with van der Waals surface area (Å²) in [5.41, 5.74) is 5.54. The molecule has 28 heavy (non-hydrogen) atoms. The molecule has 0 bridgehead atoms. The van der Waals surface area contributed by atoms with Crippen LogP contribution in [0.1, 0.15) is 34.5 Å². The molecule has 0 saturated carbocycles. The van der Waals surface area contributed by atoms with Crippen molar-refractivity contribution in [3.63, 3.8) is 0 Å². The van der Waals surface area contributed by atoms with E-state index >= 15 is 0 Å². The minimum Gasteiger partial charge on any atom is -0.399 e. The second-order valence-electron chi connectivity index (χ2n) is 5.92.